The summed E-state index contributed by atoms with van der Waals surface area (Å²) in [5.74, 6) is -2.46. The molecule has 6 heteroatoms. The Morgan fingerprint density at radius 3 is 2.21 bits per heavy atom. The SMILES string of the molecule is Nc1c(Br)cc(C(=O)O)cc1C(=O)O. The lowest BCUT2D eigenvalue weighted by molar-refractivity contribution is 0.0696. The van der Waals surface area contributed by atoms with Crippen molar-refractivity contribution in [2.45, 2.75) is 0 Å². The van der Waals surface area contributed by atoms with Gasteiger partial charge in [0.15, 0.2) is 0 Å². The van der Waals surface area contributed by atoms with Crippen molar-refractivity contribution in [1.82, 2.24) is 0 Å². The van der Waals surface area contributed by atoms with Gasteiger partial charge in [-0.25, -0.2) is 9.59 Å². The molecule has 0 aliphatic carbocycles. The maximum Gasteiger partial charge on any atom is 0.337 e. The first kappa shape index (κ1) is 10.5. The molecule has 0 aliphatic rings. The minimum Gasteiger partial charge on any atom is -0.478 e. The second-order valence-electron chi connectivity index (χ2n) is 2.53. The van der Waals surface area contributed by atoms with Crippen molar-refractivity contribution < 1.29 is 19.8 Å². The van der Waals surface area contributed by atoms with Gasteiger partial charge in [-0.1, -0.05) is 0 Å². The molecular formula is C8H6BrNO4. The van der Waals surface area contributed by atoms with Crippen LogP contribution in [0.3, 0.4) is 0 Å². The molecule has 14 heavy (non-hydrogen) atoms. The van der Waals surface area contributed by atoms with Crippen LogP contribution in [0.4, 0.5) is 5.69 Å². The van der Waals surface area contributed by atoms with Gasteiger partial charge in [0.05, 0.1) is 16.8 Å². The number of nitrogens with two attached hydrogens (primary N) is 1. The van der Waals surface area contributed by atoms with Crippen LogP contribution in [0.25, 0.3) is 0 Å². The number of carbonyl (C=O) groups is 2. The second-order valence-corrected chi connectivity index (χ2v) is 3.38. The average Bonchev–Trinajstić information content (AvgIpc) is 2.08. The highest BCUT2D eigenvalue weighted by Crippen LogP contribution is 2.25. The molecule has 0 amide bonds. The van der Waals surface area contributed by atoms with E-state index >= 15 is 0 Å². The summed E-state index contributed by atoms with van der Waals surface area (Å²) >= 11 is 2.98. The predicted octanol–water partition coefficient (Wildman–Crippen LogP) is 1.43. The number of rotatable bonds is 2. The summed E-state index contributed by atoms with van der Waals surface area (Å²) in [4.78, 5) is 21.2. The number of hydrogen-bond donors (Lipinski definition) is 3. The van der Waals surface area contributed by atoms with Crippen LogP contribution in [-0.4, -0.2) is 22.2 Å². The summed E-state index contributed by atoms with van der Waals surface area (Å²) in [5.41, 5.74) is 5.10. The minimum absolute atomic E-state index is 0.0162. The summed E-state index contributed by atoms with van der Waals surface area (Å²) in [5, 5.41) is 17.4. The van der Waals surface area contributed by atoms with Gasteiger partial charge in [0, 0.05) is 4.47 Å². The molecule has 0 radical (unpaired) electrons. The number of halogens is 1. The highest BCUT2D eigenvalue weighted by atomic mass is 79.9. The van der Waals surface area contributed by atoms with Gasteiger partial charge in [0.25, 0.3) is 0 Å². The third kappa shape index (κ3) is 1.85. The third-order valence-corrected chi connectivity index (χ3v) is 2.26. The Labute approximate surface area is 87.3 Å². The largest absolute Gasteiger partial charge is 0.478 e. The van der Waals surface area contributed by atoms with Gasteiger partial charge in [0.2, 0.25) is 0 Å². The lowest BCUT2D eigenvalue weighted by Crippen LogP contribution is -2.06. The quantitative estimate of drug-likeness (QED) is 0.698. The molecule has 1 aromatic rings. The van der Waals surface area contributed by atoms with Crippen molar-refractivity contribution in [3.63, 3.8) is 0 Å². The van der Waals surface area contributed by atoms with Crippen LogP contribution < -0.4 is 5.73 Å². The molecule has 0 saturated carbocycles. The normalized spacial score (nSPS) is 9.79. The predicted molar refractivity (Wildman–Crippen MR) is 52.5 cm³/mol. The standard InChI is InChI=1S/C8H6BrNO4/c9-5-2-3(7(11)12)1-4(6(5)10)8(13)14/h1-2H,10H2,(H,11,12)(H,13,14). The van der Waals surface area contributed by atoms with E-state index in [0.717, 1.165) is 6.07 Å². The smallest absolute Gasteiger partial charge is 0.337 e. The Hall–Kier alpha value is -1.56. The summed E-state index contributed by atoms with van der Waals surface area (Å²) in [6.45, 7) is 0. The van der Waals surface area contributed by atoms with Crippen LogP contribution >= 0.6 is 15.9 Å². The van der Waals surface area contributed by atoms with Crippen LogP contribution in [0.1, 0.15) is 20.7 Å². The molecule has 0 aliphatic heterocycles. The molecule has 4 N–H and O–H groups in total. The van der Waals surface area contributed by atoms with Crippen molar-refractivity contribution >= 4 is 33.6 Å². The monoisotopic (exact) mass is 259 g/mol. The number of carboxylic acids is 2. The van der Waals surface area contributed by atoms with Crippen LogP contribution in [0.15, 0.2) is 16.6 Å². The molecule has 0 bridgehead atoms. The molecule has 0 aromatic heterocycles. The van der Waals surface area contributed by atoms with Crippen LogP contribution in [0.5, 0.6) is 0 Å². The average molecular weight is 260 g/mol. The number of carboxylic acid groups (broad SMARTS) is 2. The second kappa shape index (κ2) is 3.67. The first-order valence-corrected chi connectivity index (χ1v) is 4.28. The number of hydrogen-bond acceptors (Lipinski definition) is 3. The maximum absolute atomic E-state index is 10.7. The van der Waals surface area contributed by atoms with Gasteiger partial charge in [-0.2, -0.15) is 0 Å². The summed E-state index contributed by atoms with van der Waals surface area (Å²) in [7, 11) is 0. The van der Waals surface area contributed by atoms with E-state index in [4.69, 9.17) is 15.9 Å². The third-order valence-electron chi connectivity index (χ3n) is 1.61. The Balaban J connectivity index is 3.43. The molecule has 0 unspecified atom stereocenters. The zero-order chi connectivity index (χ0) is 10.9. The number of nitrogen functional groups attached to an aromatic ring is 1. The van der Waals surface area contributed by atoms with E-state index in [1.54, 1.807) is 0 Å². The molecule has 0 saturated heterocycles. The van der Waals surface area contributed by atoms with Gasteiger partial charge >= 0.3 is 11.9 Å². The van der Waals surface area contributed by atoms with Crippen LogP contribution in [-0.2, 0) is 0 Å². The molecule has 0 fully saturated rings. The molecule has 5 nitrogen and oxygen atoms in total. The zero-order valence-corrected chi connectivity index (χ0v) is 8.41. The van der Waals surface area contributed by atoms with Gasteiger partial charge < -0.3 is 15.9 Å². The van der Waals surface area contributed by atoms with Crippen molar-refractivity contribution in [2.75, 3.05) is 5.73 Å². The van der Waals surface area contributed by atoms with Gasteiger partial charge in [-0.05, 0) is 28.1 Å². The van der Waals surface area contributed by atoms with Crippen molar-refractivity contribution in [2.24, 2.45) is 0 Å². The van der Waals surface area contributed by atoms with E-state index in [2.05, 4.69) is 15.9 Å². The number of anilines is 1. The molecule has 0 atom stereocenters. The molecule has 1 rings (SSSR count). The Kier molecular flexibility index (Phi) is 2.76. The zero-order valence-electron chi connectivity index (χ0n) is 6.82. The fourth-order valence-electron chi connectivity index (χ4n) is 0.918. The summed E-state index contributed by atoms with van der Waals surface area (Å²) in [6, 6.07) is 2.27. The fourth-order valence-corrected chi connectivity index (χ4v) is 1.38. The minimum atomic E-state index is -1.26. The maximum atomic E-state index is 10.7. The molecule has 0 spiro atoms. The van der Waals surface area contributed by atoms with E-state index in [-0.39, 0.29) is 21.3 Å². The molecule has 0 heterocycles. The Morgan fingerprint density at radius 1 is 1.21 bits per heavy atom. The Morgan fingerprint density at radius 2 is 1.79 bits per heavy atom. The highest BCUT2D eigenvalue weighted by molar-refractivity contribution is 9.10. The number of aromatic carboxylic acids is 2. The van der Waals surface area contributed by atoms with Crippen molar-refractivity contribution in [1.29, 1.82) is 0 Å². The fraction of sp³-hybridized carbons (Fsp3) is 0. The van der Waals surface area contributed by atoms with Crippen LogP contribution in [0, 0.1) is 0 Å². The van der Waals surface area contributed by atoms with E-state index in [9.17, 15) is 9.59 Å². The summed E-state index contributed by atoms with van der Waals surface area (Å²) < 4.78 is 0.259. The lowest BCUT2D eigenvalue weighted by atomic mass is 10.1. The van der Waals surface area contributed by atoms with Gasteiger partial charge in [0.1, 0.15) is 0 Å². The first-order chi connectivity index (χ1) is 6.43. The van der Waals surface area contributed by atoms with Crippen molar-refractivity contribution in [3.8, 4) is 0 Å². The molecular weight excluding hydrogens is 254 g/mol. The molecule has 74 valence electrons. The van der Waals surface area contributed by atoms with E-state index in [1.807, 2.05) is 0 Å². The van der Waals surface area contributed by atoms with E-state index < -0.39 is 11.9 Å². The van der Waals surface area contributed by atoms with E-state index in [0.29, 0.717) is 0 Å². The summed E-state index contributed by atoms with van der Waals surface area (Å²) in [6.07, 6.45) is 0. The Bertz CT molecular complexity index is 416. The van der Waals surface area contributed by atoms with Gasteiger partial charge in [-0.15, -0.1) is 0 Å². The van der Waals surface area contributed by atoms with Crippen molar-refractivity contribution in [3.05, 3.63) is 27.7 Å². The topological polar surface area (TPSA) is 101 Å². The molecule has 1 aromatic carbocycles. The van der Waals surface area contributed by atoms with E-state index in [1.165, 1.54) is 6.07 Å². The lowest BCUT2D eigenvalue weighted by Gasteiger charge is -2.04. The number of benzene rings is 1. The van der Waals surface area contributed by atoms with Gasteiger partial charge in [-0.3, -0.25) is 0 Å². The first-order valence-electron chi connectivity index (χ1n) is 3.49. The van der Waals surface area contributed by atoms with Crippen LogP contribution in [0.2, 0.25) is 0 Å². The highest BCUT2D eigenvalue weighted by Gasteiger charge is 2.15.